The van der Waals surface area contributed by atoms with Crippen LogP contribution >= 0.6 is 11.3 Å². The SMILES string of the molecule is Cc1csc(S(=O)(=O)Cc2cc(N3CCOCC3)nc(-c3ccc(NC(=O)NCCN(C)C)cc3)n2)n1. The number of morpholine rings is 1. The number of aromatic nitrogens is 3. The fourth-order valence-corrected chi connectivity index (χ4v) is 6.02. The van der Waals surface area contributed by atoms with E-state index in [9.17, 15) is 13.2 Å². The lowest BCUT2D eigenvalue weighted by molar-refractivity contribution is 0.122. The maximum atomic E-state index is 13.0. The van der Waals surface area contributed by atoms with Gasteiger partial charge >= 0.3 is 6.03 Å². The Morgan fingerprint density at radius 3 is 2.51 bits per heavy atom. The number of nitrogens with zero attached hydrogens (tertiary/aromatic N) is 5. The Hall–Kier alpha value is -3.13. The van der Waals surface area contributed by atoms with Gasteiger partial charge in [0.25, 0.3) is 0 Å². The maximum absolute atomic E-state index is 13.0. The first-order valence-electron chi connectivity index (χ1n) is 11.9. The number of rotatable bonds is 9. The molecular weight excluding hydrogens is 514 g/mol. The summed E-state index contributed by atoms with van der Waals surface area (Å²) in [5, 5.41) is 7.32. The molecule has 1 aliphatic rings. The van der Waals surface area contributed by atoms with E-state index in [2.05, 4.69) is 25.5 Å². The van der Waals surface area contributed by atoms with Gasteiger partial charge in [-0.2, -0.15) is 0 Å². The number of carbonyl (C=O) groups excluding carboxylic acids is 1. The minimum Gasteiger partial charge on any atom is -0.378 e. The second kappa shape index (κ2) is 11.9. The van der Waals surface area contributed by atoms with Gasteiger partial charge in [0.1, 0.15) is 5.82 Å². The van der Waals surface area contributed by atoms with E-state index in [4.69, 9.17) is 9.72 Å². The molecule has 0 atom stereocenters. The molecule has 1 saturated heterocycles. The Balaban J connectivity index is 1.56. The van der Waals surface area contributed by atoms with Crippen molar-refractivity contribution in [3.05, 3.63) is 47.1 Å². The van der Waals surface area contributed by atoms with Crippen molar-refractivity contribution in [3.63, 3.8) is 0 Å². The van der Waals surface area contributed by atoms with Gasteiger partial charge in [-0.15, -0.1) is 11.3 Å². The number of hydrogen-bond acceptors (Lipinski definition) is 10. The molecule has 2 aromatic heterocycles. The molecule has 1 aliphatic heterocycles. The standard InChI is InChI=1S/C24H31N7O4S2/c1-17-15-36-24(26-17)37(33,34)16-20-14-21(31-10-12-35-13-11-31)29-22(27-20)18-4-6-19(7-5-18)28-23(32)25-8-9-30(2)3/h4-7,14-15H,8-13,16H2,1-3H3,(H2,25,28,32). The Morgan fingerprint density at radius 2 is 1.86 bits per heavy atom. The van der Waals surface area contributed by atoms with Gasteiger partial charge in [0.05, 0.1) is 24.7 Å². The zero-order chi connectivity index (χ0) is 26.4. The summed E-state index contributed by atoms with van der Waals surface area (Å²) in [4.78, 5) is 29.6. The van der Waals surface area contributed by atoms with Gasteiger partial charge in [0.15, 0.2) is 5.82 Å². The number of sulfone groups is 1. The number of thiazole rings is 1. The second-order valence-corrected chi connectivity index (χ2v) is 11.9. The first-order valence-corrected chi connectivity index (χ1v) is 14.4. The monoisotopic (exact) mass is 545 g/mol. The van der Waals surface area contributed by atoms with Crippen LogP contribution in [0.1, 0.15) is 11.4 Å². The minimum absolute atomic E-state index is 0.0809. The third-order valence-electron chi connectivity index (χ3n) is 5.55. The number of anilines is 2. The van der Waals surface area contributed by atoms with Gasteiger partial charge in [-0.3, -0.25) is 0 Å². The smallest absolute Gasteiger partial charge is 0.319 e. The lowest BCUT2D eigenvalue weighted by atomic mass is 10.2. The van der Waals surface area contributed by atoms with Crippen LogP contribution < -0.4 is 15.5 Å². The van der Waals surface area contributed by atoms with Crippen LogP contribution in [0.4, 0.5) is 16.3 Å². The van der Waals surface area contributed by atoms with Crippen LogP contribution in [0.3, 0.4) is 0 Å². The minimum atomic E-state index is -3.66. The predicted octanol–water partition coefficient (Wildman–Crippen LogP) is 2.40. The van der Waals surface area contributed by atoms with Crippen LogP contribution in [-0.4, -0.2) is 87.8 Å². The molecule has 11 nitrogen and oxygen atoms in total. The number of amides is 2. The lowest BCUT2D eigenvalue weighted by Gasteiger charge is -2.28. The molecule has 0 bridgehead atoms. The van der Waals surface area contributed by atoms with Crippen LogP contribution in [0.2, 0.25) is 0 Å². The molecule has 2 N–H and O–H groups in total. The molecule has 0 unspecified atom stereocenters. The van der Waals surface area contributed by atoms with Gasteiger partial charge in [0.2, 0.25) is 14.2 Å². The highest BCUT2D eigenvalue weighted by molar-refractivity contribution is 7.92. The molecule has 0 spiro atoms. The zero-order valence-electron chi connectivity index (χ0n) is 21.1. The molecule has 2 amide bonds. The van der Waals surface area contributed by atoms with Crippen molar-refractivity contribution in [2.24, 2.45) is 0 Å². The van der Waals surface area contributed by atoms with Gasteiger partial charge in [-0.05, 0) is 45.3 Å². The number of benzene rings is 1. The van der Waals surface area contributed by atoms with Gasteiger partial charge in [-0.1, -0.05) is 0 Å². The van der Waals surface area contributed by atoms with E-state index < -0.39 is 9.84 Å². The highest BCUT2D eigenvalue weighted by atomic mass is 32.2. The predicted molar refractivity (Wildman–Crippen MR) is 144 cm³/mol. The van der Waals surface area contributed by atoms with E-state index in [0.717, 1.165) is 17.9 Å². The average molecular weight is 546 g/mol. The Labute approximate surface area is 220 Å². The molecular formula is C24H31N7O4S2. The van der Waals surface area contributed by atoms with Crippen LogP contribution in [0.25, 0.3) is 11.4 Å². The topological polar surface area (TPSA) is 130 Å². The number of ether oxygens (including phenoxy) is 1. The molecule has 0 saturated carbocycles. The lowest BCUT2D eigenvalue weighted by Crippen LogP contribution is -2.37. The summed E-state index contributed by atoms with van der Waals surface area (Å²) < 4.78 is 31.6. The summed E-state index contributed by atoms with van der Waals surface area (Å²) in [5.74, 6) is 0.780. The summed E-state index contributed by atoms with van der Waals surface area (Å²) >= 11 is 1.11. The van der Waals surface area contributed by atoms with E-state index in [1.54, 1.807) is 42.6 Å². The van der Waals surface area contributed by atoms with Crippen molar-refractivity contribution >= 4 is 38.7 Å². The van der Waals surface area contributed by atoms with Gasteiger partial charge in [-0.25, -0.2) is 28.2 Å². The van der Waals surface area contributed by atoms with E-state index in [1.807, 2.05) is 19.0 Å². The number of nitrogens with one attached hydrogen (secondary N) is 2. The highest BCUT2D eigenvalue weighted by Crippen LogP contribution is 2.26. The molecule has 3 aromatic rings. The van der Waals surface area contributed by atoms with E-state index in [0.29, 0.717) is 67.1 Å². The van der Waals surface area contributed by atoms with Crippen LogP contribution in [-0.2, 0) is 20.3 Å². The average Bonchev–Trinajstić information content (AvgIpc) is 3.32. The van der Waals surface area contributed by atoms with Crippen LogP contribution in [0, 0.1) is 6.92 Å². The molecule has 37 heavy (non-hydrogen) atoms. The fraction of sp³-hybridized carbons (Fsp3) is 0.417. The van der Waals surface area contributed by atoms with Crippen molar-refractivity contribution in [1.82, 2.24) is 25.2 Å². The largest absolute Gasteiger partial charge is 0.378 e. The number of urea groups is 1. The number of likely N-dealkylation sites (N-methyl/N-ethyl adjacent to an activating group) is 1. The molecule has 0 aliphatic carbocycles. The summed E-state index contributed by atoms with van der Waals surface area (Å²) in [6.07, 6.45) is 0. The number of hydrogen-bond donors (Lipinski definition) is 2. The second-order valence-electron chi connectivity index (χ2n) is 8.92. The summed E-state index contributed by atoms with van der Waals surface area (Å²) in [5.41, 5.74) is 2.39. The third-order valence-corrected chi connectivity index (χ3v) is 8.65. The fourth-order valence-electron chi connectivity index (χ4n) is 3.64. The molecule has 0 radical (unpaired) electrons. The molecule has 198 valence electrons. The first-order chi connectivity index (χ1) is 17.7. The molecule has 13 heteroatoms. The summed E-state index contributed by atoms with van der Waals surface area (Å²) in [7, 11) is 0.224. The normalized spacial score (nSPS) is 14.1. The Kier molecular flexibility index (Phi) is 8.69. The van der Waals surface area contributed by atoms with Crippen molar-refractivity contribution in [3.8, 4) is 11.4 Å². The van der Waals surface area contributed by atoms with E-state index in [-0.39, 0.29) is 16.1 Å². The number of carbonyl (C=O) groups is 1. The zero-order valence-corrected chi connectivity index (χ0v) is 22.7. The van der Waals surface area contributed by atoms with Crippen molar-refractivity contribution < 1.29 is 17.9 Å². The van der Waals surface area contributed by atoms with Crippen molar-refractivity contribution in [1.29, 1.82) is 0 Å². The quantitative estimate of drug-likeness (QED) is 0.416. The Morgan fingerprint density at radius 1 is 1.14 bits per heavy atom. The van der Waals surface area contributed by atoms with E-state index >= 15 is 0 Å². The van der Waals surface area contributed by atoms with Crippen molar-refractivity contribution in [2.45, 2.75) is 17.0 Å². The van der Waals surface area contributed by atoms with Crippen molar-refractivity contribution in [2.75, 3.05) is 63.7 Å². The number of aryl methyl sites for hydroxylation is 1. The van der Waals surface area contributed by atoms with Gasteiger partial charge < -0.3 is 25.2 Å². The first kappa shape index (κ1) is 26.9. The maximum Gasteiger partial charge on any atom is 0.319 e. The molecule has 4 rings (SSSR count). The van der Waals surface area contributed by atoms with Crippen LogP contribution in [0.15, 0.2) is 40.1 Å². The Bertz CT molecular complexity index is 1320. The third kappa shape index (κ3) is 7.44. The van der Waals surface area contributed by atoms with Gasteiger partial charge in [0, 0.05) is 54.6 Å². The highest BCUT2D eigenvalue weighted by Gasteiger charge is 2.23. The van der Waals surface area contributed by atoms with Crippen LogP contribution in [0.5, 0.6) is 0 Å². The molecule has 3 heterocycles. The summed E-state index contributed by atoms with van der Waals surface area (Å²) in [6.45, 7) is 5.49. The molecule has 1 fully saturated rings. The van der Waals surface area contributed by atoms with E-state index in [1.165, 1.54) is 0 Å². The molecule has 1 aromatic carbocycles. The summed E-state index contributed by atoms with van der Waals surface area (Å²) in [6, 6.07) is 8.57.